The maximum Gasteiger partial charge on any atom is 0.126 e. The molecule has 0 amide bonds. The van der Waals surface area contributed by atoms with Crippen molar-refractivity contribution >= 4 is 0 Å². The quantitative estimate of drug-likeness (QED) is 0.906. The van der Waals surface area contributed by atoms with Gasteiger partial charge in [-0.2, -0.15) is 0 Å². The van der Waals surface area contributed by atoms with Crippen LogP contribution in [0.15, 0.2) is 24.3 Å². The van der Waals surface area contributed by atoms with E-state index in [2.05, 4.69) is 25.7 Å². The fraction of sp³-hybridized carbons (Fsp3) is 0.625. The molecular weight excluding hydrogens is 239 g/mol. The molecule has 19 heavy (non-hydrogen) atoms. The predicted octanol–water partition coefficient (Wildman–Crippen LogP) is 2.82. The lowest BCUT2D eigenvalue weighted by molar-refractivity contribution is 0.127. The second kappa shape index (κ2) is 5.22. The van der Waals surface area contributed by atoms with Crippen molar-refractivity contribution in [2.24, 2.45) is 11.1 Å². The van der Waals surface area contributed by atoms with Gasteiger partial charge in [0.1, 0.15) is 5.82 Å². The lowest BCUT2D eigenvalue weighted by Crippen LogP contribution is -2.52. The van der Waals surface area contributed by atoms with Crippen LogP contribution in [0.1, 0.15) is 32.8 Å². The molecule has 1 fully saturated rings. The van der Waals surface area contributed by atoms with E-state index in [9.17, 15) is 4.39 Å². The zero-order chi connectivity index (χ0) is 14.1. The highest BCUT2D eigenvalue weighted by atomic mass is 19.1. The normalized spacial score (nSPS) is 22.4. The molecule has 0 bridgehead atoms. The first-order valence-corrected chi connectivity index (χ1v) is 7.05. The number of rotatable bonds is 4. The number of hydrogen-bond donors (Lipinski definition) is 1. The molecule has 1 heterocycles. The molecular formula is C16H25FN2. The van der Waals surface area contributed by atoms with Gasteiger partial charge in [-0.1, -0.05) is 32.0 Å². The summed E-state index contributed by atoms with van der Waals surface area (Å²) in [5.74, 6) is -0.124. The summed E-state index contributed by atoms with van der Waals surface area (Å²) in [6, 6.07) is 7.02. The van der Waals surface area contributed by atoms with Crippen molar-refractivity contribution in [3.05, 3.63) is 35.6 Å². The van der Waals surface area contributed by atoms with Crippen LogP contribution in [0, 0.1) is 11.2 Å². The zero-order valence-corrected chi connectivity index (χ0v) is 12.2. The molecule has 106 valence electrons. The number of benzene rings is 1. The number of hydrogen-bond acceptors (Lipinski definition) is 2. The largest absolute Gasteiger partial charge is 0.329 e. The second-order valence-electron chi connectivity index (χ2n) is 6.81. The van der Waals surface area contributed by atoms with Gasteiger partial charge in [-0.05, 0) is 43.4 Å². The van der Waals surface area contributed by atoms with Crippen LogP contribution in [-0.2, 0) is 6.42 Å². The van der Waals surface area contributed by atoms with Crippen molar-refractivity contribution in [3.8, 4) is 0 Å². The molecule has 2 N–H and O–H groups in total. The van der Waals surface area contributed by atoms with Gasteiger partial charge in [0.15, 0.2) is 0 Å². The van der Waals surface area contributed by atoms with E-state index in [-0.39, 0.29) is 11.4 Å². The third-order valence-corrected chi connectivity index (χ3v) is 4.41. The van der Waals surface area contributed by atoms with Gasteiger partial charge < -0.3 is 5.73 Å². The molecule has 1 atom stereocenters. The van der Waals surface area contributed by atoms with Crippen LogP contribution in [0.25, 0.3) is 0 Å². The van der Waals surface area contributed by atoms with Crippen molar-refractivity contribution in [2.45, 2.75) is 39.2 Å². The topological polar surface area (TPSA) is 29.3 Å². The average molecular weight is 264 g/mol. The summed E-state index contributed by atoms with van der Waals surface area (Å²) in [7, 11) is 0. The zero-order valence-electron chi connectivity index (χ0n) is 12.2. The Morgan fingerprint density at radius 2 is 2.05 bits per heavy atom. The molecule has 1 aromatic rings. The first-order chi connectivity index (χ1) is 8.86. The maximum atomic E-state index is 13.8. The van der Waals surface area contributed by atoms with Gasteiger partial charge >= 0.3 is 0 Å². The summed E-state index contributed by atoms with van der Waals surface area (Å²) in [5.41, 5.74) is 6.96. The molecule has 3 heteroatoms. The minimum absolute atomic E-state index is 0.124. The van der Waals surface area contributed by atoms with E-state index in [0.717, 1.165) is 18.7 Å². The number of likely N-dealkylation sites (tertiary alicyclic amines) is 1. The second-order valence-corrected chi connectivity index (χ2v) is 6.81. The smallest absolute Gasteiger partial charge is 0.126 e. The lowest BCUT2D eigenvalue weighted by atomic mass is 9.89. The van der Waals surface area contributed by atoms with Crippen LogP contribution in [0.2, 0.25) is 0 Å². The van der Waals surface area contributed by atoms with Crippen LogP contribution in [-0.4, -0.2) is 30.1 Å². The van der Waals surface area contributed by atoms with E-state index in [4.69, 9.17) is 5.73 Å². The van der Waals surface area contributed by atoms with Crippen molar-refractivity contribution in [1.29, 1.82) is 0 Å². The van der Waals surface area contributed by atoms with Crippen LogP contribution >= 0.6 is 0 Å². The van der Waals surface area contributed by atoms with E-state index >= 15 is 0 Å². The number of halogens is 1. The molecule has 1 aromatic carbocycles. The fourth-order valence-electron chi connectivity index (χ4n) is 2.94. The highest BCUT2D eigenvalue weighted by molar-refractivity contribution is 5.20. The molecule has 0 saturated carbocycles. The molecule has 0 spiro atoms. The first kappa shape index (κ1) is 14.5. The minimum Gasteiger partial charge on any atom is -0.329 e. The summed E-state index contributed by atoms with van der Waals surface area (Å²) in [4.78, 5) is 2.43. The summed E-state index contributed by atoms with van der Waals surface area (Å²) in [6.45, 7) is 9.36. The van der Waals surface area contributed by atoms with Crippen LogP contribution in [0.5, 0.6) is 0 Å². The van der Waals surface area contributed by atoms with Crippen molar-refractivity contribution < 1.29 is 4.39 Å². The Bertz CT molecular complexity index is 444. The summed E-state index contributed by atoms with van der Waals surface area (Å²) < 4.78 is 13.8. The fourth-order valence-corrected chi connectivity index (χ4v) is 2.94. The molecule has 0 aliphatic carbocycles. The Kier molecular flexibility index (Phi) is 3.98. The monoisotopic (exact) mass is 264 g/mol. The van der Waals surface area contributed by atoms with Crippen molar-refractivity contribution in [2.75, 3.05) is 19.6 Å². The van der Waals surface area contributed by atoms with Crippen molar-refractivity contribution in [3.63, 3.8) is 0 Å². The Morgan fingerprint density at radius 1 is 1.37 bits per heavy atom. The molecule has 1 aliphatic heterocycles. The van der Waals surface area contributed by atoms with Gasteiger partial charge in [0, 0.05) is 18.6 Å². The highest BCUT2D eigenvalue weighted by Gasteiger charge is 2.39. The van der Waals surface area contributed by atoms with E-state index in [0.29, 0.717) is 18.4 Å². The van der Waals surface area contributed by atoms with Gasteiger partial charge in [-0.25, -0.2) is 4.39 Å². The summed E-state index contributed by atoms with van der Waals surface area (Å²) in [6.07, 6.45) is 1.85. The number of nitrogens with two attached hydrogens (primary N) is 1. The number of nitrogens with zero attached hydrogens (tertiary/aromatic N) is 1. The van der Waals surface area contributed by atoms with Crippen LogP contribution < -0.4 is 5.73 Å². The molecule has 0 radical (unpaired) electrons. The molecule has 0 aromatic heterocycles. The van der Waals surface area contributed by atoms with Crippen LogP contribution in [0.4, 0.5) is 4.39 Å². The molecule has 1 unspecified atom stereocenters. The van der Waals surface area contributed by atoms with Crippen LogP contribution in [0.3, 0.4) is 0 Å². The third-order valence-electron chi connectivity index (χ3n) is 4.41. The Balaban J connectivity index is 2.17. The maximum absolute atomic E-state index is 13.8. The van der Waals surface area contributed by atoms with E-state index < -0.39 is 0 Å². The average Bonchev–Trinajstić information content (AvgIpc) is 2.73. The first-order valence-electron chi connectivity index (χ1n) is 7.05. The van der Waals surface area contributed by atoms with Gasteiger partial charge in [0.2, 0.25) is 0 Å². The molecule has 2 rings (SSSR count). The van der Waals surface area contributed by atoms with E-state index in [1.807, 2.05) is 12.1 Å². The molecule has 1 aliphatic rings. The van der Waals surface area contributed by atoms with E-state index in [1.54, 1.807) is 6.07 Å². The van der Waals surface area contributed by atoms with E-state index in [1.165, 1.54) is 12.5 Å². The van der Waals surface area contributed by atoms with Gasteiger partial charge in [-0.3, -0.25) is 4.90 Å². The predicted molar refractivity (Wildman–Crippen MR) is 77.5 cm³/mol. The summed E-state index contributed by atoms with van der Waals surface area (Å²) >= 11 is 0. The molecule has 2 nitrogen and oxygen atoms in total. The lowest BCUT2D eigenvalue weighted by Gasteiger charge is -2.39. The Morgan fingerprint density at radius 3 is 2.58 bits per heavy atom. The van der Waals surface area contributed by atoms with Gasteiger partial charge in [-0.15, -0.1) is 0 Å². The van der Waals surface area contributed by atoms with Crippen molar-refractivity contribution in [1.82, 2.24) is 4.90 Å². The SMILES string of the molecule is CC1(C)CCN(C(C)(CN)Cc2ccccc2F)C1. The standard InChI is InChI=1S/C16H25FN2/c1-15(2)8-9-19(12-15)16(3,11-18)10-13-6-4-5-7-14(13)17/h4-7H,8-12,18H2,1-3H3. The third kappa shape index (κ3) is 3.15. The van der Waals surface area contributed by atoms with Gasteiger partial charge in [0.05, 0.1) is 0 Å². The minimum atomic E-state index is -0.157. The highest BCUT2D eigenvalue weighted by Crippen LogP contribution is 2.34. The Labute approximate surface area is 115 Å². The Hall–Kier alpha value is -0.930. The summed E-state index contributed by atoms with van der Waals surface area (Å²) in [5, 5.41) is 0. The van der Waals surface area contributed by atoms with Gasteiger partial charge in [0.25, 0.3) is 0 Å². The molecule has 1 saturated heterocycles.